The smallest absolute Gasteiger partial charge is 0.163 e. The SMILES string of the molecule is CCOc1cccc(C(=O)CCCC(C)C)c1. The van der Waals surface area contributed by atoms with Crippen molar-refractivity contribution >= 4 is 5.78 Å². The molecule has 0 unspecified atom stereocenters. The number of ketones is 1. The topological polar surface area (TPSA) is 26.3 Å². The highest BCUT2D eigenvalue weighted by Gasteiger charge is 2.07. The van der Waals surface area contributed by atoms with E-state index < -0.39 is 0 Å². The number of rotatable bonds is 7. The van der Waals surface area contributed by atoms with E-state index in [4.69, 9.17) is 4.74 Å². The van der Waals surface area contributed by atoms with Crippen molar-refractivity contribution in [3.8, 4) is 5.75 Å². The van der Waals surface area contributed by atoms with Crippen LogP contribution in [0.1, 0.15) is 50.4 Å². The normalized spacial score (nSPS) is 10.6. The van der Waals surface area contributed by atoms with Crippen LogP contribution in [0.2, 0.25) is 0 Å². The Labute approximate surface area is 104 Å². The van der Waals surface area contributed by atoms with E-state index in [2.05, 4.69) is 13.8 Å². The van der Waals surface area contributed by atoms with Gasteiger partial charge in [0.15, 0.2) is 5.78 Å². The zero-order valence-corrected chi connectivity index (χ0v) is 11.0. The van der Waals surface area contributed by atoms with Gasteiger partial charge < -0.3 is 4.74 Å². The molecule has 0 atom stereocenters. The van der Waals surface area contributed by atoms with Gasteiger partial charge >= 0.3 is 0 Å². The zero-order chi connectivity index (χ0) is 12.7. The third kappa shape index (κ3) is 5.03. The molecule has 0 N–H and O–H groups in total. The molecule has 0 radical (unpaired) electrons. The minimum Gasteiger partial charge on any atom is -0.494 e. The number of carbonyl (C=O) groups excluding carboxylic acids is 1. The molecule has 94 valence electrons. The van der Waals surface area contributed by atoms with Crippen LogP contribution in [0.25, 0.3) is 0 Å². The van der Waals surface area contributed by atoms with E-state index in [1.54, 1.807) is 0 Å². The van der Waals surface area contributed by atoms with Crippen molar-refractivity contribution in [1.29, 1.82) is 0 Å². The van der Waals surface area contributed by atoms with E-state index in [9.17, 15) is 4.79 Å². The lowest BCUT2D eigenvalue weighted by molar-refractivity contribution is 0.0978. The summed E-state index contributed by atoms with van der Waals surface area (Å²) in [6, 6.07) is 7.45. The van der Waals surface area contributed by atoms with E-state index in [-0.39, 0.29) is 5.78 Å². The summed E-state index contributed by atoms with van der Waals surface area (Å²) in [5.41, 5.74) is 0.764. The molecule has 0 bridgehead atoms. The largest absolute Gasteiger partial charge is 0.494 e. The number of hydrogen-bond donors (Lipinski definition) is 0. The maximum absolute atomic E-state index is 11.9. The molecular weight excluding hydrogens is 212 g/mol. The summed E-state index contributed by atoms with van der Waals surface area (Å²) >= 11 is 0. The number of hydrogen-bond acceptors (Lipinski definition) is 2. The van der Waals surface area contributed by atoms with E-state index in [0.29, 0.717) is 18.9 Å². The van der Waals surface area contributed by atoms with Gasteiger partial charge in [-0.1, -0.05) is 32.4 Å². The molecule has 1 rings (SSSR count). The third-order valence-corrected chi connectivity index (χ3v) is 2.65. The molecule has 2 heteroatoms. The highest BCUT2D eigenvalue weighted by atomic mass is 16.5. The van der Waals surface area contributed by atoms with Gasteiger partial charge in [0.05, 0.1) is 6.61 Å². The standard InChI is InChI=1S/C15H22O2/c1-4-17-14-9-6-8-13(11-14)15(16)10-5-7-12(2)3/h6,8-9,11-12H,4-5,7,10H2,1-3H3. The minimum absolute atomic E-state index is 0.215. The summed E-state index contributed by atoms with van der Waals surface area (Å²) in [7, 11) is 0. The molecule has 0 fully saturated rings. The van der Waals surface area contributed by atoms with Gasteiger partial charge in [-0.25, -0.2) is 0 Å². The second kappa shape index (κ2) is 7.10. The van der Waals surface area contributed by atoms with Crippen molar-refractivity contribution in [2.24, 2.45) is 5.92 Å². The van der Waals surface area contributed by atoms with Gasteiger partial charge in [0.2, 0.25) is 0 Å². The number of ether oxygens (including phenoxy) is 1. The molecule has 1 aromatic carbocycles. The first-order valence-corrected chi connectivity index (χ1v) is 6.39. The third-order valence-electron chi connectivity index (χ3n) is 2.65. The monoisotopic (exact) mass is 234 g/mol. The molecule has 0 heterocycles. The second-order valence-corrected chi connectivity index (χ2v) is 4.67. The molecule has 0 aliphatic rings. The first-order valence-electron chi connectivity index (χ1n) is 6.39. The lowest BCUT2D eigenvalue weighted by Crippen LogP contribution is -2.01. The molecule has 0 aliphatic carbocycles. The molecule has 0 aliphatic heterocycles. The fourth-order valence-corrected chi connectivity index (χ4v) is 1.74. The van der Waals surface area contributed by atoms with Crippen molar-refractivity contribution in [3.63, 3.8) is 0 Å². The van der Waals surface area contributed by atoms with Crippen molar-refractivity contribution in [1.82, 2.24) is 0 Å². The maximum Gasteiger partial charge on any atom is 0.163 e. The van der Waals surface area contributed by atoms with Gasteiger partial charge in [0, 0.05) is 12.0 Å². The van der Waals surface area contributed by atoms with Crippen molar-refractivity contribution in [2.45, 2.75) is 40.0 Å². The summed E-state index contributed by atoms with van der Waals surface area (Å²) in [6.07, 6.45) is 2.71. The molecule has 17 heavy (non-hydrogen) atoms. The highest BCUT2D eigenvalue weighted by molar-refractivity contribution is 5.96. The van der Waals surface area contributed by atoms with E-state index >= 15 is 0 Å². The Balaban J connectivity index is 2.53. The van der Waals surface area contributed by atoms with E-state index in [0.717, 1.165) is 24.2 Å². The van der Waals surface area contributed by atoms with Crippen LogP contribution in [0.4, 0.5) is 0 Å². The quantitative estimate of drug-likeness (QED) is 0.664. The Hall–Kier alpha value is -1.31. The van der Waals surface area contributed by atoms with Crippen LogP contribution in [0, 0.1) is 5.92 Å². The summed E-state index contributed by atoms with van der Waals surface area (Å²) in [4.78, 5) is 11.9. The highest BCUT2D eigenvalue weighted by Crippen LogP contribution is 2.16. The van der Waals surface area contributed by atoms with Gasteiger partial charge in [-0.3, -0.25) is 4.79 Å². The average Bonchev–Trinajstić information content (AvgIpc) is 2.29. The van der Waals surface area contributed by atoms with Gasteiger partial charge in [-0.15, -0.1) is 0 Å². The molecule has 0 spiro atoms. The van der Waals surface area contributed by atoms with E-state index in [1.165, 1.54) is 0 Å². The second-order valence-electron chi connectivity index (χ2n) is 4.67. The van der Waals surface area contributed by atoms with Gasteiger partial charge in [0.25, 0.3) is 0 Å². The molecule has 0 amide bonds. The molecule has 0 aromatic heterocycles. The number of benzene rings is 1. The zero-order valence-electron chi connectivity index (χ0n) is 11.0. The predicted octanol–water partition coefficient (Wildman–Crippen LogP) is 4.09. The fraction of sp³-hybridized carbons (Fsp3) is 0.533. The summed E-state index contributed by atoms with van der Waals surface area (Å²) in [5.74, 6) is 1.66. The minimum atomic E-state index is 0.215. The molecule has 1 aromatic rings. The first kappa shape index (κ1) is 13.8. The van der Waals surface area contributed by atoms with Crippen molar-refractivity contribution in [2.75, 3.05) is 6.61 Å². The molecular formula is C15H22O2. The van der Waals surface area contributed by atoms with Crippen LogP contribution >= 0.6 is 0 Å². The van der Waals surface area contributed by atoms with Crippen molar-refractivity contribution < 1.29 is 9.53 Å². The fourth-order valence-electron chi connectivity index (χ4n) is 1.74. The Bertz CT molecular complexity index is 356. The first-order chi connectivity index (χ1) is 8.13. The molecule has 0 saturated carbocycles. The van der Waals surface area contributed by atoms with E-state index in [1.807, 2.05) is 31.2 Å². The lowest BCUT2D eigenvalue weighted by atomic mass is 10.0. The van der Waals surface area contributed by atoms with Crippen molar-refractivity contribution in [3.05, 3.63) is 29.8 Å². The lowest BCUT2D eigenvalue weighted by Gasteiger charge is -2.06. The molecule has 2 nitrogen and oxygen atoms in total. The Morgan fingerprint density at radius 3 is 2.76 bits per heavy atom. The molecule has 0 saturated heterocycles. The Morgan fingerprint density at radius 2 is 2.12 bits per heavy atom. The van der Waals surface area contributed by atoms with Crippen LogP contribution in [0.15, 0.2) is 24.3 Å². The summed E-state index contributed by atoms with van der Waals surface area (Å²) in [6.45, 7) is 6.93. The van der Waals surface area contributed by atoms with Gasteiger partial charge in [0.1, 0.15) is 5.75 Å². The van der Waals surface area contributed by atoms with Crippen LogP contribution in [-0.2, 0) is 0 Å². The van der Waals surface area contributed by atoms with Crippen LogP contribution in [-0.4, -0.2) is 12.4 Å². The predicted molar refractivity (Wildman–Crippen MR) is 70.6 cm³/mol. The van der Waals surface area contributed by atoms with Crippen LogP contribution in [0.3, 0.4) is 0 Å². The number of Topliss-reactive ketones (excluding diaryl/α,β-unsaturated/α-hetero) is 1. The Morgan fingerprint density at radius 1 is 1.35 bits per heavy atom. The van der Waals surface area contributed by atoms with Crippen LogP contribution in [0.5, 0.6) is 5.75 Å². The number of carbonyl (C=O) groups is 1. The maximum atomic E-state index is 11.9. The summed E-state index contributed by atoms with van der Waals surface area (Å²) < 4.78 is 5.39. The van der Waals surface area contributed by atoms with Gasteiger partial charge in [-0.2, -0.15) is 0 Å². The average molecular weight is 234 g/mol. The van der Waals surface area contributed by atoms with Gasteiger partial charge in [-0.05, 0) is 31.4 Å². The van der Waals surface area contributed by atoms with Crippen LogP contribution < -0.4 is 4.74 Å². The Kier molecular flexibility index (Phi) is 5.75. The summed E-state index contributed by atoms with van der Waals surface area (Å²) in [5, 5.41) is 0.